The maximum absolute atomic E-state index is 12.7. The fraction of sp³-hybridized carbons (Fsp3) is 0.182. The molecule has 1 amide bonds. The van der Waals surface area contributed by atoms with Gasteiger partial charge in [-0.3, -0.25) is 4.79 Å². The van der Waals surface area contributed by atoms with Crippen LogP contribution in [0, 0.1) is 13.8 Å². The van der Waals surface area contributed by atoms with E-state index in [1.165, 1.54) is 4.68 Å². The molecule has 2 heterocycles. The van der Waals surface area contributed by atoms with Gasteiger partial charge in [0, 0.05) is 16.3 Å². The first-order valence-electron chi connectivity index (χ1n) is 9.73. The summed E-state index contributed by atoms with van der Waals surface area (Å²) in [7, 11) is 1.61. The molecule has 4 aromatic rings. The number of carbonyl (C=O) groups excluding carboxylic acids is 1. The van der Waals surface area contributed by atoms with Gasteiger partial charge in [0.05, 0.1) is 13.7 Å². The normalized spacial score (nSPS) is 10.9. The fourth-order valence-corrected chi connectivity index (χ4v) is 3.26. The molecule has 2 aromatic carbocycles. The van der Waals surface area contributed by atoms with Gasteiger partial charge >= 0.3 is 0 Å². The monoisotopic (exact) mass is 452 g/mol. The number of oxazole rings is 1. The summed E-state index contributed by atoms with van der Waals surface area (Å²) in [5.74, 6) is 1.47. The molecule has 0 unspecified atom stereocenters. The number of nitrogens with zero attached hydrogens (tertiary/aromatic N) is 4. The summed E-state index contributed by atoms with van der Waals surface area (Å²) < 4.78 is 12.4. The first-order valence-corrected chi connectivity index (χ1v) is 10.1. The predicted octanol–water partition coefficient (Wildman–Crippen LogP) is 4.09. The summed E-state index contributed by atoms with van der Waals surface area (Å²) in [5.41, 5.74) is 9.04. The maximum atomic E-state index is 12.7. The van der Waals surface area contributed by atoms with Crippen LogP contribution in [0.1, 0.15) is 27.5 Å². The molecule has 3 N–H and O–H groups in total. The number of aromatic nitrogens is 4. The van der Waals surface area contributed by atoms with Crippen molar-refractivity contribution >= 4 is 29.0 Å². The number of nitrogen functional groups attached to an aromatic ring is 1. The van der Waals surface area contributed by atoms with Crippen molar-refractivity contribution in [3.63, 3.8) is 0 Å². The highest BCUT2D eigenvalue weighted by Crippen LogP contribution is 2.25. The zero-order valence-corrected chi connectivity index (χ0v) is 18.5. The lowest BCUT2D eigenvalue weighted by atomic mass is 10.2. The minimum absolute atomic E-state index is 0.0147. The smallest absolute Gasteiger partial charge is 0.280 e. The Morgan fingerprint density at radius 3 is 2.69 bits per heavy atom. The van der Waals surface area contributed by atoms with Crippen LogP contribution in [0.2, 0.25) is 5.02 Å². The van der Waals surface area contributed by atoms with Gasteiger partial charge in [0.1, 0.15) is 17.2 Å². The van der Waals surface area contributed by atoms with Gasteiger partial charge in [-0.15, -0.1) is 5.10 Å². The molecule has 0 spiro atoms. The van der Waals surface area contributed by atoms with Crippen LogP contribution in [0.4, 0.5) is 11.5 Å². The van der Waals surface area contributed by atoms with Gasteiger partial charge < -0.3 is 20.2 Å². The van der Waals surface area contributed by atoms with Gasteiger partial charge in [0.2, 0.25) is 5.89 Å². The number of ether oxygens (including phenoxy) is 1. The lowest BCUT2D eigenvalue weighted by molar-refractivity contribution is 0.102. The Morgan fingerprint density at radius 1 is 1.22 bits per heavy atom. The number of methoxy groups -OCH3 is 1. The third kappa shape index (κ3) is 4.28. The Balaban J connectivity index is 1.53. The summed E-state index contributed by atoms with van der Waals surface area (Å²) in [6, 6.07) is 12.6. The standard InChI is InChI=1S/C22H21ClN6O3/c1-12-4-7-15(23)10-17(12)25-21(30)19-20(24)29(28-27-19)11-18-13(2)32-22(26-18)14-5-8-16(31-3)9-6-14/h4-10H,11,24H2,1-3H3,(H,25,30). The van der Waals surface area contributed by atoms with Crippen LogP contribution in [-0.2, 0) is 6.54 Å². The van der Waals surface area contributed by atoms with E-state index in [0.717, 1.165) is 16.9 Å². The van der Waals surface area contributed by atoms with Crippen molar-refractivity contribution in [1.82, 2.24) is 20.0 Å². The van der Waals surface area contributed by atoms with E-state index in [4.69, 9.17) is 26.5 Å². The Labute approximate surface area is 189 Å². The zero-order chi connectivity index (χ0) is 22.8. The molecule has 0 saturated heterocycles. The van der Waals surface area contributed by atoms with E-state index in [1.54, 1.807) is 26.2 Å². The Bertz CT molecular complexity index is 1280. The SMILES string of the molecule is COc1ccc(-c2nc(Cn3nnc(C(=O)Nc4cc(Cl)ccc4C)c3N)c(C)o2)cc1. The number of anilines is 2. The van der Waals surface area contributed by atoms with Crippen molar-refractivity contribution in [1.29, 1.82) is 0 Å². The Hall–Kier alpha value is -3.85. The lowest BCUT2D eigenvalue weighted by Crippen LogP contribution is -2.16. The third-order valence-corrected chi connectivity index (χ3v) is 5.20. The molecule has 164 valence electrons. The molecule has 4 rings (SSSR count). The third-order valence-electron chi connectivity index (χ3n) is 4.97. The summed E-state index contributed by atoms with van der Waals surface area (Å²) in [6.07, 6.45) is 0. The largest absolute Gasteiger partial charge is 0.497 e. The second kappa shape index (κ2) is 8.72. The number of amides is 1. The van der Waals surface area contributed by atoms with E-state index in [1.807, 2.05) is 37.3 Å². The second-order valence-electron chi connectivity index (χ2n) is 7.14. The summed E-state index contributed by atoms with van der Waals surface area (Å²) in [5, 5.41) is 11.2. The number of hydrogen-bond acceptors (Lipinski definition) is 7. The van der Waals surface area contributed by atoms with Gasteiger partial charge in [-0.2, -0.15) is 0 Å². The van der Waals surface area contributed by atoms with E-state index < -0.39 is 5.91 Å². The minimum Gasteiger partial charge on any atom is -0.497 e. The van der Waals surface area contributed by atoms with Gasteiger partial charge in [0.25, 0.3) is 5.91 Å². The number of benzene rings is 2. The van der Waals surface area contributed by atoms with Crippen LogP contribution in [0.15, 0.2) is 46.9 Å². The Morgan fingerprint density at radius 2 is 1.97 bits per heavy atom. The van der Waals surface area contributed by atoms with Gasteiger partial charge in [0.15, 0.2) is 11.5 Å². The molecule has 9 nitrogen and oxygen atoms in total. The van der Waals surface area contributed by atoms with Crippen molar-refractivity contribution in [2.45, 2.75) is 20.4 Å². The molecular weight excluding hydrogens is 432 g/mol. The van der Waals surface area contributed by atoms with Crippen molar-refractivity contribution in [2.24, 2.45) is 0 Å². The Kier molecular flexibility index (Phi) is 5.83. The van der Waals surface area contributed by atoms with Crippen LogP contribution >= 0.6 is 11.6 Å². The topological polar surface area (TPSA) is 121 Å². The molecule has 10 heteroatoms. The first kappa shape index (κ1) is 21.4. The average molecular weight is 453 g/mol. The number of nitrogens with two attached hydrogens (primary N) is 1. The highest BCUT2D eigenvalue weighted by atomic mass is 35.5. The number of carbonyl (C=O) groups is 1. The summed E-state index contributed by atoms with van der Waals surface area (Å²) >= 11 is 6.02. The molecular formula is C22H21ClN6O3. The van der Waals surface area contributed by atoms with Crippen molar-refractivity contribution in [2.75, 3.05) is 18.2 Å². The highest BCUT2D eigenvalue weighted by molar-refractivity contribution is 6.31. The van der Waals surface area contributed by atoms with E-state index in [2.05, 4.69) is 20.6 Å². The van der Waals surface area contributed by atoms with Crippen LogP contribution in [0.5, 0.6) is 5.75 Å². The van der Waals surface area contributed by atoms with Gasteiger partial charge in [-0.25, -0.2) is 9.67 Å². The van der Waals surface area contributed by atoms with Crippen LogP contribution < -0.4 is 15.8 Å². The van der Waals surface area contributed by atoms with E-state index in [-0.39, 0.29) is 18.1 Å². The molecule has 0 fully saturated rings. The first-order chi connectivity index (χ1) is 15.4. The van der Waals surface area contributed by atoms with Gasteiger partial charge in [-0.05, 0) is 55.8 Å². The molecule has 0 aliphatic carbocycles. The van der Waals surface area contributed by atoms with E-state index in [0.29, 0.717) is 28.1 Å². The number of aryl methyl sites for hydroxylation is 2. The summed E-state index contributed by atoms with van der Waals surface area (Å²) in [6.45, 7) is 3.87. The van der Waals surface area contributed by atoms with E-state index >= 15 is 0 Å². The molecule has 0 aliphatic heterocycles. The fourth-order valence-electron chi connectivity index (χ4n) is 3.08. The van der Waals surface area contributed by atoms with Crippen molar-refractivity contribution in [3.8, 4) is 17.2 Å². The predicted molar refractivity (Wildman–Crippen MR) is 121 cm³/mol. The molecule has 0 radical (unpaired) electrons. The summed E-state index contributed by atoms with van der Waals surface area (Å²) in [4.78, 5) is 17.2. The molecule has 2 aromatic heterocycles. The number of hydrogen-bond donors (Lipinski definition) is 2. The molecule has 0 saturated carbocycles. The second-order valence-corrected chi connectivity index (χ2v) is 7.58. The van der Waals surface area contributed by atoms with Crippen molar-refractivity contribution < 1.29 is 13.9 Å². The number of nitrogens with one attached hydrogen (secondary N) is 1. The zero-order valence-electron chi connectivity index (χ0n) is 17.7. The molecule has 0 bridgehead atoms. The van der Waals surface area contributed by atoms with Crippen LogP contribution in [0.25, 0.3) is 11.5 Å². The van der Waals surface area contributed by atoms with Crippen LogP contribution in [-0.4, -0.2) is 33.0 Å². The maximum Gasteiger partial charge on any atom is 0.280 e. The van der Waals surface area contributed by atoms with E-state index in [9.17, 15) is 4.79 Å². The van der Waals surface area contributed by atoms with Gasteiger partial charge in [-0.1, -0.05) is 22.9 Å². The molecule has 0 atom stereocenters. The lowest BCUT2D eigenvalue weighted by Gasteiger charge is -2.08. The average Bonchev–Trinajstić information content (AvgIpc) is 3.33. The number of rotatable bonds is 6. The number of halogens is 1. The van der Waals surface area contributed by atoms with Crippen molar-refractivity contribution in [3.05, 3.63) is 70.2 Å². The quantitative estimate of drug-likeness (QED) is 0.451. The molecule has 0 aliphatic rings. The highest BCUT2D eigenvalue weighted by Gasteiger charge is 2.20. The minimum atomic E-state index is -0.477. The molecule has 32 heavy (non-hydrogen) atoms. The van der Waals surface area contributed by atoms with Crippen LogP contribution in [0.3, 0.4) is 0 Å².